The SMILES string of the molecule is CC(=O)n1cc(C(=O)O)c2cc(-c3ccc(C4(O)CCC4)cc3)c(Cl)cc21. The summed E-state index contributed by atoms with van der Waals surface area (Å²) in [6.07, 6.45) is 3.87. The monoisotopic (exact) mass is 383 g/mol. The van der Waals surface area contributed by atoms with Gasteiger partial charge in [0.1, 0.15) is 0 Å². The van der Waals surface area contributed by atoms with Crippen LogP contribution in [0.2, 0.25) is 5.02 Å². The van der Waals surface area contributed by atoms with Gasteiger partial charge in [-0.05, 0) is 42.5 Å². The molecule has 1 heterocycles. The lowest BCUT2D eigenvalue weighted by atomic mass is 9.75. The quantitative estimate of drug-likeness (QED) is 0.687. The molecule has 0 amide bonds. The predicted octanol–water partition coefficient (Wildman–Crippen LogP) is 4.69. The summed E-state index contributed by atoms with van der Waals surface area (Å²) >= 11 is 6.45. The van der Waals surface area contributed by atoms with E-state index in [0.717, 1.165) is 30.4 Å². The lowest BCUT2D eigenvalue weighted by molar-refractivity contribution is -0.0387. The number of aromatic carboxylic acids is 1. The number of hydrogen-bond donors (Lipinski definition) is 2. The molecule has 2 N–H and O–H groups in total. The van der Waals surface area contributed by atoms with Gasteiger partial charge in [0.15, 0.2) is 0 Å². The Bertz CT molecular complexity index is 1080. The number of rotatable bonds is 3. The number of nitrogens with zero attached hydrogens (tertiary/aromatic N) is 1. The second-order valence-electron chi connectivity index (χ2n) is 7.05. The highest BCUT2D eigenvalue weighted by molar-refractivity contribution is 6.34. The van der Waals surface area contributed by atoms with E-state index in [1.165, 1.54) is 17.7 Å². The van der Waals surface area contributed by atoms with Crippen molar-refractivity contribution in [3.8, 4) is 11.1 Å². The molecule has 27 heavy (non-hydrogen) atoms. The smallest absolute Gasteiger partial charge is 0.337 e. The van der Waals surface area contributed by atoms with E-state index < -0.39 is 11.6 Å². The number of halogens is 1. The number of carboxylic acid groups (broad SMARTS) is 1. The summed E-state index contributed by atoms with van der Waals surface area (Å²) < 4.78 is 1.30. The van der Waals surface area contributed by atoms with E-state index in [2.05, 4.69) is 0 Å². The van der Waals surface area contributed by atoms with Gasteiger partial charge in [-0.1, -0.05) is 35.9 Å². The van der Waals surface area contributed by atoms with Gasteiger partial charge in [0.2, 0.25) is 5.91 Å². The second kappa shape index (κ2) is 6.22. The number of fused-ring (bicyclic) bond motifs is 1. The third-order valence-electron chi connectivity index (χ3n) is 5.38. The van der Waals surface area contributed by atoms with Crippen molar-refractivity contribution in [2.24, 2.45) is 0 Å². The van der Waals surface area contributed by atoms with Crippen LogP contribution >= 0.6 is 11.6 Å². The number of carbonyl (C=O) groups excluding carboxylic acids is 1. The van der Waals surface area contributed by atoms with Gasteiger partial charge >= 0.3 is 5.97 Å². The highest BCUT2D eigenvalue weighted by atomic mass is 35.5. The summed E-state index contributed by atoms with van der Waals surface area (Å²) in [7, 11) is 0. The van der Waals surface area contributed by atoms with Crippen molar-refractivity contribution in [1.29, 1.82) is 0 Å². The molecule has 0 aliphatic heterocycles. The van der Waals surface area contributed by atoms with E-state index in [-0.39, 0.29) is 11.5 Å². The molecule has 1 aliphatic carbocycles. The molecule has 138 valence electrons. The van der Waals surface area contributed by atoms with Crippen molar-refractivity contribution >= 4 is 34.4 Å². The number of carboxylic acids is 1. The molecule has 1 fully saturated rings. The van der Waals surface area contributed by atoms with Gasteiger partial charge in [-0.2, -0.15) is 0 Å². The van der Waals surface area contributed by atoms with Crippen LogP contribution in [0, 0.1) is 0 Å². The first-order chi connectivity index (χ1) is 12.8. The minimum Gasteiger partial charge on any atom is -0.478 e. The van der Waals surface area contributed by atoms with E-state index in [1.807, 2.05) is 24.3 Å². The van der Waals surface area contributed by atoms with E-state index in [4.69, 9.17) is 11.6 Å². The van der Waals surface area contributed by atoms with Crippen LogP contribution in [0.25, 0.3) is 22.0 Å². The van der Waals surface area contributed by atoms with E-state index in [9.17, 15) is 19.8 Å². The summed E-state index contributed by atoms with van der Waals surface area (Å²) in [5.41, 5.74) is 2.17. The molecule has 0 saturated heterocycles. The van der Waals surface area contributed by atoms with E-state index in [0.29, 0.717) is 21.5 Å². The maximum Gasteiger partial charge on any atom is 0.337 e. The molecule has 0 bridgehead atoms. The Balaban J connectivity index is 1.84. The minimum atomic E-state index is -1.10. The highest BCUT2D eigenvalue weighted by Gasteiger charge is 2.36. The first kappa shape index (κ1) is 17.8. The molecule has 0 radical (unpaired) electrons. The summed E-state index contributed by atoms with van der Waals surface area (Å²) in [6, 6.07) is 10.8. The van der Waals surface area contributed by atoms with Crippen LogP contribution in [0.4, 0.5) is 0 Å². The average molecular weight is 384 g/mol. The first-order valence-corrected chi connectivity index (χ1v) is 9.10. The van der Waals surface area contributed by atoms with Gasteiger partial charge < -0.3 is 10.2 Å². The van der Waals surface area contributed by atoms with Crippen LogP contribution in [0.1, 0.15) is 46.9 Å². The van der Waals surface area contributed by atoms with Gasteiger partial charge in [0.25, 0.3) is 0 Å². The molecule has 0 unspecified atom stereocenters. The average Bonchev–Trinajstić information content (AvgIpc) is 2.98. The third kappa shape index (κ3) is 2.83. The number of aliphatic hydroxyl groups is 1. The molecular weight excluding hydrogens is 366 g/mol. The summed E-state index contributed by atoms with van der Waals surface area (Å²) in [4.78, 5) is 23.4. The molecule has 0 spiro atoms. The molecule has 1 aromatic heterocycles. The van der Waals surface area contributed by atoms with Crippen molar-refractivity contribution in [3.05, 3.63) is 58.7 Å². The van der Waals surface area contributed by atoms with Gasteiger partial charge in [0, 0.05) is 24.1 Å². The zero-order valence-electron chi connectivity index (χ0n) is 14.7. The molecule has 1 aliphatic rings. The van der Waals surface area contributed by atoms with Crippen LogP contribution < -0.4 is 0 Å². The van der Waals surface area contributed by atoms with Crippen LogP contribution in [0.5, 0.6) is 0 Å². The molecule has 2 aromatic carbocycles. The summed E-state index contributed by atoms with van der Waals surface area (Å²) in [5, 5.41) is 20.8. The Kier molecular flexibility index (Phi) is 4.09. The Morgan fingerprint density at radius 3 is 2.33 bits per heavy atom. The summed E-state index contributed by atoms with van der Waals surface area (Å²) in [5.74, 6) is -1.38. The number of carbonyl (C=O) groups is 2. The lowest BCUT2D eigenvalue weighted by Gasteiger charge is -2.37. The zero-order valence-corrected chi connectivity index (χ0v) is 15.5. The lowest BCUT2D eigenvalue weighted by Crippen LogP contribution is -2.33. The number of hydrogen-bond acceptors (Lipinski definition) is 3. The van der Waals surface area contributed by atoms with E-state index >= 15 is 0 Å². The van der Waals surface area contributed by atoms with Gasteiger partial charge in [-0.25, -0.2) is 4.79 Å². The molecule has 3 aromatic rings. The minimum absolute atomic E-state index is 0.0542. The second-order valence-corrected chi connectivity index (χ2v) is 7.46. The molecule has 1 saturated carbocycles. The van der Waals surface area contributed by atoms with Crippen molar-refractivity contribution in [2.45, 2.75) is 31.8 Å². The summed E-state index contributed by atoms with van der Waals surface area (Å²) in [6.45, 7) is 1.37. The van der Waals surface area contributed by atoms with Crippen LogP contribution in [0.3, 0.4) is 0 Å². The highest BCUT2D eigenvalue weighted by Crippen LogP contribution is 2.42. The van der Waals surface area contributed by atoms with Gasteiger partial charge in [0.05, 0.1) is 21.7 Å². The van der Waals surface area contributed by atoms with Gasteiger partial charge in [-0.3, -0.25) is 9.36 Å². The van der Waals surface area contributed by atoms with Crippen LogP contribution in [-0.4, -0.2) is 26.7 Å². The Hall–Kier alpha value is -2.63. The molecule has 6 heteroatoms. The maximum atomic E-state index is 11.8. The zero-order chi connectivity index (χ0) is 19.3. The topological polar surface area (TPSA) is 79.5 Å². The normalized spacial score (nSPS) is 15.5. The number of aromatic nitrogens is 1. The van der Waals surface area contributed by atoms with E-state index in [1.54, 1.807) is 12.1 Å². The fourth-order valence-corrected chi connectivity index (χ4v) is 3.93. The fourth-order valence-electron chi connectivity index (χ4n) is 3.66. The Labute approximate surface area is 160 Å². The fraction of sp³-hybridized carbons (Fsp3) is 0.238. The largest absolute Gasteiger partial charge is 0.478 e. The Morgan fingerprint density at radius 2 is 1.81 bits per heavy atom. The van der Waals surface area contributed by atoms with Crippen LogP contribution in [-0.2, 0) is 5.60 Å². The molecular formula is C21H18ClNO4. The maximum absolute atomic E-state index is 11.8. The van der Waals surface area contributed by atoms with Crippen molar-refractivity contribution < 1.29 is 19.8 Å². The van der Waals surface area contributed by atoms with Crippen molar-refractivity contribution in [2.75, 3.05) is 0 Å². The molecule has 0 atom stereocenters. The Morgan fingerprint density at radius 1 is 1.15 bits per heavy atom. The predicted molar refractivity (Wildman–Crippen MR) is 103 cm³/mol. The first-order valence-electron chi connectivity index (χ1n) is 8.72. The standard InChI is InChI=1S/C21H18ClNO4/c1-12(24)23-11-17(20(25)26)16-9-15(18(22)10-19(16)23)13-3-5-14(6-4-13)21(27)7-2-8-21/h3-6,9-11,27H,2,7-8H2,1H3,(H,25,26). The number of benzene rings is 2. The van der Waals surface area contributed by atoms with Gasteiger partial charge in [-0.15, -0.1) is 0 Å². The van der Waals surface area contributed by atoms with Crippen molar-refractivity contribution in [1.82, 2.24) is 4.57 Å². The third-order valence-corrected chi connectivity index (χ3v) is 5.69. The molecule has 5 nitrogen and oxygen atoms in total. The van der Waals surface area contributed by atoms with Crippen LogP contribution in [0.15, 0.2) is 42.6 Å². The van der Waals surface area contributed by atoms with Crippen molar-refractivity contribution in [3.63, 3.8) is 0 Å². The molecule has 4 rings (SSSR count).